The molecule has 316 valence electrons. The molecule has 0 aromatic heterocycles. The summed E-state index contributed by atoms with van der Waals surface area (Å²) in [7, 11) is -3.40. The van der Waals surface area contributed by atoms with Gasteiger partial charge in [0.25, 0.3) is 0 Å². The third kappa shape index (κ3) is 13.0. The normalized spacial score (nSPS) is 17.2. The summed E-state index contributed by atoms with van der Waals surface area (Å²) in [6.07, 6.45) is 4.29. The zero-order valence-corrected chi connectivity index (χ0v) is 34.5. The summed E-state index contributed by atoms with van der Waals surface area (Å²) < 4.78 is 85.3. The second-order valence-electron chi connectivity index (χ2n) is 16.4. The summed E-state index contributed by atoms with van der Waals surface area (Å²) >= 11 is 0. The molecule has 1 aliphatic carbocycles. The molecule has 2 heterocycles. The van der Waals surface area contributed by atoms with Gasteiger partial charge in [0.2, 0.25) is 0 Å². The molecule has 0 atom stereocenters. The fraction of sp³-hybridized carbons (Fsp3) is 0.600. The smallest absolute Gasteiger partial charge is 0.465 e. The maximum atomic E-state index is 12.7. The second kappa shape index (κ2) is 17.9. The van der Waals surface area contributed by atoms with Gasteiger partial charge in [-0.3, -0.25) is 0 Å². The van der Waals surface area contributed by atoms with Gasteiger partial charge in [-0.05, 0) is 145 Å². The van der Waals surface area contributed by atoms with Crippen LogP contribution in [0.1, 0.15) is 135 Å². The van der Waals surface area contributed by atoms with Crippen LogP contribution in [0.15, 0.2) is 36.4 Å². The van der Waals surface area contributed by atoms with Gasteiger partial charge in [-0.1, -0.05) is 6.07 Å². The lowest BCUT2D eigenvalue weighted by atomic mass is 9.87. The van der Waals surface area contributed by atoms with Crippen molar-refractivity contribution in [3.63, 3.8) is 0 Å². The molecule has 3 aliphatic rings. The summed E-state index contributed by atoms with van der Waals surface area (Å²) in [6.45, 7) is 12.9. The lowest BCUT2D eigenvalue weighted by Gasteiger charge is -2.33. The Kier molecular flexibility index (Phi) is 14.2. The van der Waals surface area contributed by atoms with Crippen LogP contribution in [0.4, 0.5) is 22.8 Å². The minimum atomic E-state index is -5.91. The van der Waals surface area contributed by atoms with Gasteiger partial charge in [0.1, 0.15) is 17.0 Å². The highest BCUT2D eigenvalue weighted by Crippen LogP contribution is 2.42. The first-order valence-corrected chi connectivity index (χ1v) is 20.2. The van der Waals surface area contributed by atoms with Gasteiger partial charge in [0.05, 0.1) is 25.3 Å². The van der Waals surface area contributed by atoms with Gasteiger partial charge in [-0.2, -0.15) is 21.6 Å². The molecular weight excluding hydrogens is 774 g/mol. The predicted octanol–water partition coefficient (Wildman–Crippen LogP) is 8.28. The van der Waals surface area contributed by atoms with Crippen LogP contribution < -0.4 is 4.18 Å². The Morgan fingerprint density at radius 2 is 0.930 bits per heavy atom. The third-order valence-corrected chi connectivity index (χ3v) is 10.5. The van der Waals surface area contributed by atoms with Crippen molar-refractivity contribution in [2.75, 3.05) is 40.4 Å². The number of likely N-dealkylation sites (tertiary alicyclic amines) is 2. The van der Waals surface area contributed by atoms with Crippen molar-refractivity contribution in [1.82, 2.24) is 9.80 Å². The molecular formula is C40H53F3N2O11S. The lowest BCUT2D eigenvalue weighted by molar-refractivity contribution is -0.0500. The monoisotopic (exact) mass is 826 g/mol. The number of hydrogen-bond donors (Lipinski definition) is 0. The Morgan fingerprint density at radius 1 is 0.579 bits per heavy atom. The molecule has 3 fully saturated rings. The molecule has 2 amide bonds. The largest absolute Gasteiger partial charge is 0.534 e. The maximum Gasteiger partial charge on any atom is 0.534 e. The van der Waals surface area contributed by atoms with Gasteiger partial charge in [-0.25, -0.2) is 19.2 Å². The zero-order chi connectivity index (χ0) is 42.5. The molecule has 0 bridgehead atoms. The highest BCUT2D eigenvalue weighted by molar-refractivity contribution is 7.88. The van der Waals surface area contributed by atoms with Crippen LogP contribution in [0.3, 0.4) is 0 Å². The average Bonchev–Trinajstić information content (AvgIpc) is 3.98. The number of alkyl halides is 3. The topological polar surface area (TPSA) is 155 Å². The van der Waals surface area contributed by atoms with Crippen LogP contribution in [-0.4, -0.2) is 99.5 Å². The van der Waals surface area contributed by atoms with Crippen LogP contribution in [0, 0.1) is 0 Å². The van der Waals surface area contributed by atoms with Crippen LogP contribution in [0.5, 0.6) is 5.75 Å². The van der Waals surface area contributed by atoms with E-state index >= 15 is 0 Å². The van der Waals surface area contributed by atoms with Gasteiger partial charge in [0, 0.05) is 26.2 Å². The van der Waals surface area contributed by atoms with Crippen LogP contribution in [-0.2, 0) is 29.1 Å². The summed E-state index contributed by atoms with van der Waals surface area (Å²) in [4.78, 5) is 51.7. The maximum absolute atomic E-state index is 12.7. The molecule has 2 aromatic rings. The van der Waals surface area contributed by atoms with E-state index in [4.69, 9.17) is 14.2 Å². The lowest BCUT2D eigenvalue weighted by Crippen LogP contribution is -2.41. The van der Waals surface area contributed by atoms with E-state index in [2.05, 4.69) is 15.0 Å². The van der Waals surface area contributed by atoms with E-state index < -0.39 is 44.6 Å². The summed E-state index contributed by atoms with van der Waals surface area (Å²) in [5.41, 5.74) is -3.41. The number of piperidine rings is 2. The molecule has 17 heteroatoms. The molecule has 57 heavy (non-hydrogen) atoms. The number of hydrogen-bond acceptors (Lipinski definition) is 11. The van der Waals surface area contributed by atoms with Crippen molar-refractivity contribution in [1.29, 1.82) is 0 Å². The Labute approximate surface area is 332 Å². The second-order valence-corrected chi connectivity index (χ2v) is 17.9. The van der Waals surface area contributed by atoms with Crippen molar-refractivity contribution in [2.24, 2.45) is 0 Å². The first-order valence-electron chi connectivity index (χ1n) is 18.8. The number of carbonyl (C=O) groups excluding carboxylic acids is 4. The molecule has 5 rings (SSSR count). The number of halogens is 3. The number of ether oxygens (including phenoxy) is 4. The van der Waals surface area contributed by atoms with Crippen molar-refractivity contribution in [2.45, 2.75) is 115 Å². The Balaban J connectivity index is 0.000000256. The van der Waals surface area contributed by atoms with Crippen molar-refractivity contribution >= 4 is 34.2 Å². The highest BCUT2D eigenvalue weighted by atomic mass is 32.2. The highest BCUT2D eigenvalue weighted by Gasteiger charge is 2.48. The number of carbonyl (C=O) groups is 4. The molecule has 0 unspecified atom stereocenters. The van der Waals surface area contributed by atoms with Crippen LogP contribution in [0.2, 0.25) is 0 Å². The van der Waals surface area contributed by atoms with Crippen molar-refractivity contribution in [3.8, 4) is 5.75 Å². The number of nitrogens with zero attached hydrogens (tertiary/aromatic N) is 2. The number of amides is 2. The first kappa shape index (κ1) is 45.2. The summed E-state index contributed by atoms with van der Waals surface area (Å²) in [5.74, 6) is -1.10. The number of rotatable bonds is 7. The quantitative estimate of drug-likeness (QED) is 0.115. The molecule has 0 spiro atoms. The number of methoxy groups -OCH3 is 2. The SMILES string of the molecule is COC(=O)c1cc(C2CC2)cc(C2CCN(C(=O)OC(C)(C)C)CC2)c1.COC(=O)c1cc(OS(=O)(=O)C(F)(F)F)cc(C2CCN(C(=O)OC(C)(C)C)CC2)c1. The first-order chi connectivity index (χ1) is 26.4. The van der Waals surface area contributed by atoms with Gasteiger partial charge < -0.3 is 32.9 Å². The summed E-state index contributed by atoms with van der Waals surface area (Å²) in [5, 5.41) is 0. The van der Waals surface area contributed by atoms with Crippen molar-refractivity contribution in [3.05, 3.63) is 64.2 Å². The molecule has 2 aliphatic heterocycles. The molecule has 2 saturated heterocycles. The molecule has 0 radical (unpaired) electrons. The van der Waals surface area contributed by atoms with E-state index in [-0.39, 0.29) is 23.5 Å². The summed E-state index contributed by atoms with van der Waals surface area (Å²) in [6, 6.07) is 9.61. The van der Waals surface area contributed by atoms with Crippen LogP contribution in [0.25, 0.3) is 0 Å². The van der Waals surface area contributed by atoms with E-state index in [1.807, 2.05) is 32.9 Å². The van der Waals surface area contributed by atoms with Crippen molar-refractivity contribution < 1.29 is 63.9 Å². The number of esters is 2. The average molecular weight is 827 g/mol. The molecule has 0 N–H and O–H groups in total. The molecule has 2 aromatic carbocycles. The van der Waals surface area contributed by atoms with E-state index in [9.17, 15) is 40.8 Å². The number of benzene rings is 2. The van der Waals surface area contributed by atoms with E-state index in [1.165, 1.54) is 42.0 Å². The standard InChI is InChI=1S/C21H29NO4.C19H24F3NO7S/c1-21(2,3)26-20(24)22-9-7-15(8-10-22)17-11-16(14-5-6-14)12-18(13-17)19(23)25-4;1-18(2,3)29-17(25)23-7-5-12(6-8-23)13-9-14(16(24)28-4)11-15(10-13)30-31(26,27)19(20,21)22/h11-15H,5-10H2,1-4H3;9-12H,5-8H2,1-4H3. The van der Waals surface area contributed by atoms with Gasteiger partial charge in [-0.15, -0.1) is 0 Å². The Hall–Kier alpha value is -4.54. The molecule has 13 nitrogen and oxygen atoms in total. The minimum absolute atomic E-state index is 0.151. The van der Waals surface area contributed by atoms with E-state index in [0.717, 1.165) is 32.1 Å². The Bertz CT molecular complexity index is 1880. The van der Waals surface area contributed by atoms with Gasteiger partial charge in [0.15, 0.2) is 0 Å². The van der Waals surface area contributed by atoms with E-state index in [1.54, 1.807) is 25.7 Å². The fourth-order valence-corrected chi connectivity index (χ4v) is 7.00. The molecule has 1 saturated carbocycles. The third-order valence-electron chi connectivity index (χ3n) is 9.52. The predicted molar refractivity (Wildman–Crippen MR) is 203 cm³/mol. The van der Waals surface area contributed by atoms with Crippen LogP contribution >= 0.6 is 0 Å². The fourth-order valence-electron chi connectivity index (χ4n) is 6.56. The van der Waals surface area contributed by atoms with Gasteiger partial charge >= 0.3 is 39.8 Å². The Morgan fingerprint density at radius 3 is 1.26 bits per heavy atom. The van der Waals surface area contributed by atoms with E-state index in [0.29, 0.717) is 62.0 Å². The minimum Gasteiger partial charge on any atom is -0.465 e. The zero-order valence-electron chi connectivity index (χ0n) is 33.7.